The molecule has 0 radical (unpaired) electrons. The maximum Gasteiger partial charge on any atom is 1.00 e. The fraction of sp³-hybridized carbons (Fsp3) is 0.571. The van der Waals surface area contributed by atoms with Crippen LogP contribution in [0.5, 0.6) is 0 Å². The van der Waals surface area contributed by atoms with Crippen molar-refractivity contribution in [2.24, 2.45) is 0 Å². The van der Waals surface area contributed by atoms with Crippen molar-refractivity contribution in [1.29, 1.82) is 0 Å². The molecular weight excluding hydrogens is 231 g/mol. The molecule has 0 aliphatic heterocycles. The van der Waals surface area contributed by atoms with Gasteiger partial charge < -0.3 is 9.08 Å². The molecule has 0 unspecified atom stereocenters. The summed E-state index contributed by atoms with van der Waals surface area (Å²) in [5.74, 6) is 0.411. The summed E-state index contributed by atoms with van der Waals surface area (Å²) in [6, 6.07) is 1.38. The second kappa shape index (κ2) is 4.84. The molecular formula is C7H11N2NaO4S. The largest absolute Gasteiger partial charge is 1.00 e. The Hall–Kier alpha value is -0.0800. The SMILES string of the molecule is CC(C)(C)c1cc(NS(=O)(=O)[O-])no1.[Na+]. The minimum Gasteiger partial charge on any atom is -0.731 e. The van der Waals surface area contributed by atoms with Gasteiger partial charge in [0.1, 0.15) is 5.76 Å². The Bertz CT molecular complexity index is 420. The van der Waals surface area contributed by atoms with Gasteiger partial charge in [-0.05, 0) is 0 Å². The van der Waals surface area contributed by atoms with Crippen LogP contribution < -0.4 is 34.3 Å². The fourth-order valence-electron chi connectivity index (χ4n) is 0.805. The quantitative estimate of drug-likeness (QED) is 0.471. The van der Waals surface area contributed by atoms with Crippen LogP contribution in [0.2, 0.25) is 0 Å². The van der Waals surface area contributed by atoms with Crippen molar-refractivity contribution in [2.45, 2.75) is 26.2 Å². The average Bonchev–Trinajstić information content (AvgIpc) is 2.29. The maximum absolute atomic E-state index is 10.3. The number of hydrogen-bond acceptors (Lipinski definition) is 5. The van der Waals surface area contributed by atoms with Gasteiger partial charge in [0.25, 0.3) is 0 Å². The molecule has 0 saturated heterocycles. The van der Waals surface area contributed by atoms with Crippen LogP contribution in [-0.4, -0.2) is 18.1 Å². The van der Waals surface area contributed by atoms with E-state index in [1.54, 1.807) is 4.72 Å². The van der Waals surface area contributed by atoms with Crippen LogP contribution in [0.1, 0.15) is 26.5 Å². The first-order valence-electron chi connectivity index (χ1n) is 3.89. The van der Waals surface area contributed by atoms with E-state index in [9.17, 15) is 13.0 Å². The third-order valence-electron chi connectivity index (χ3n) is 1.48. The average molecular weight is 242 g/mol. The number of hydrogen-bond donors (Lipinski definition) is 1. The van der Waals surface area contributed by atoms with Gasteiger partial charge in [-0.25, -0.2) is 8.42 Å². The van der Waals surface area contributed by atoms with Gasteiger partial charge in [-0.2, -0.15) is 0 Å². The Balaban J connectivity index is 0.00000196. The molecule has 0 spiro atoms. The second-order valence-corrected chi connectivity index (χ2v) is 4.99. The van der Waals surface area contributed by atoms with Gasteiger partial charge in [0.15, 0.2) is 16.1 Å². The molecule has 8 heteroatoms. The molecule has 15 heavy (non-hydrogen) atoms. The van der Waals surface area contributed by atoms with E-state index < -0.39 is 10.3 Å². The Morgan fingerprint density at radius 3 is 2.33 bits per heavy atom. The zero-order valence-electron chi connectivity index (χ0n) is 9.07. The standard InChI is InChI=1S/C7H12N2O4S.Na/c1-7(2,3)5-4-6(8-13-5)9-14(10,11)12;/h4H,1-3H3,(H,8,9)(H,10,11,12);/q;+1/p-1. The minimum absolute atomic E-state index is 0. The minimum atomic E-state index is -4.53. The molecule has 0 aliphatic carbocycles. The molecule has 0 aliphatic rings. The molecule has 0 saturated carbocycles. The zero-order valence-corrected chi connectivity index (χ0v) is 11.9. The zero-order chi connectivity index (χ0) is 11.0. The molecule has 0 bridgehead atoms. The summed E-state index contributed by atoms with van der Waals surface area (Å²) in [5, 5.41) is 3.40. The van der Waals surface area contributed by atoms with Gasteiger partial charge in [0.2, 0.25) is 0 Å². The van der Waals surface area contributed by atoms with Gasteiger partial charge in [-0.1, -0.05) is 25.9 Å². The maximum atomic E-state index is 10.3. The predicted octanol–water partition coefficient (Wildman–Crippen LogP) is -2.15. The number of aromatic nitrogens is 1. The monoisotopic (exact) mass is 242 g/mol. The van der Waals surface area contributed by atoms with Gasteiger partial charge in [-0.15, -0.1) is 0 Å². The smallest absolute Gasteiger partial charge is 0.731 e. The van der Waals surface area contributed by atoms with E-state index in [0.717, 1.165) is 0 Å². The van der Waals surface area contributed by atoms with E-state index in [1.807, 2.05) is 20.8 Å². The Morgan fingerprint density at radius 2 is 2.00 bits per heavy atom. The van der Waals surface area contributed by atoms with Crippen molar-refractivity contribution >= 4 is 16.1 Å². The molecule has 1 aromatic heterocycles. The normalized spacial score (nSPS) is 12.0. The van der Waals surface area contributed by atoms with Crippen LogP contribution >= 0.6 is 0 Å². The summed E-state index contributed by atoms with van der Waals surface area (Å²) in [6.45, 7) is 5.63. The summed E-state index contributed by atoms with van der Waals surface area (Å²) in [7, 11) is -4.53. The molecule has 0 amide bonds. The summed E-state index contributed by atoms with van der Waals surface area (Å²) >= 11 is 0. The number of nitrogens with one attached hydrogen (secondary N) is 1. The van der Waals surface area contributed by atoms with E-state index in [4.69, 9.17) is 4.52 Å². The number of rotatable bonds is 2. The first kappa shape index (κ1) is 14.9. The van der Waals surface area contributed by atoms with Crippen LogP contribution in [0.25, 0.3) is 0 Å². The molecule has 1 rings (SSSR count). The molecule has 1 heterocycles. The van der Waals surface area contributed by atoms with Crippen LogP contribution in [-0.2, 0) is 15.7 Å². The van der Waals surface area contributed by atoms with Crippen molar-refractivity contribution in [1.82, 2.24) is 5.16 Å². The van der Waals surface area contributed by atoms with Gasteiger partial charge in [0.05, 0.1) is 0 Å². The first-order chi connectivity index (χ1) is 6.18. The predicted molar refractivity (Wildman–Crippen MR) is 48.5 cm³/mol. The molecule has 0 fully saturated rings. The number of anilines is 1. The Kier molecular flexibility index (Phi) is 4.81. The van der Waals surface area contributed by atoms with Crippen molar-refractivity contribution in [3.63, 3.8) is 0 Å². The summed E-state index contributed by atoms with van der Waals surface area (Å²) < 4.78 is 37.5. The molecule has 1 aromatic rings. The van der Waals surface area contributed by atoms with Crippen molar-refractivity contribution in [3.8, 4) is 0 Å². The van der Waals surface area contributed by atoms with Gasteiger partial charge in [-0.3, -0.25) is 4.72 Å². The van der Waals surface area contributed by atoms with Crippen LogP contribution in [0, 0.1) is 0 Å². The van der Waals surface area contributed by atoms with Crippen molar-refractivity contribution < 1.29 is 47.1 Å². The van der Waals surface area contributed by atoms with Crippen LogP contribution in [0.3, 0.4) is 0 Å². The van der Waals surface area contributed by atoms with E-state index in [2.05, 4.69) is 5.16 Å². The van der Waals surface area contributed by atoms with Crippen LogP contribution in [0.4, 0.5) is 5.82 Å². The summed E-state index contributed by atoms with van der Waals surface area (Å²) in [6.07, 6.45) is 0. The Morgan fingerprint density at radius 1 is 1.47 bits per heavy atom. The van der Waals surface area contributed by atoms with E-state index in [0.29, 0.717) is 5.76 Å². The van der Waals surface area contributed by atoms with Crippen LogP contribution in [0.15, 0.2) is 10.6 Å². The molecule has 0 aromatic carbocycles. The van der Waals surface area contributed by atoms with Gasteiger partial charge in [0, 0.05) is 11.5 Å². The molecule has 6 nitrogen and oxygen atoms in total. The van der Waals surface area contributed by atoms with E-state index in [-0.39, 0.29) is 40.8 Å². The second-order valence-electron chi connectivity index (χ2n) is 3.88. The molecule has 80 valence electrons. The summed E-state index contributed by atoms with van der Waals surface area (Å²) in [4.78, 5) is 0. The third kappa shape index (κ3) is 4.98. The number of nitrogens with zero attached hydrogens (tertiary/aromatic N) is 1. The Labute approximate surface area is 111 Å². The first-order valence-corrected chi connectivity index (χ1v) is 5.30. The molecule has 0 atom stereocenters. The topological polar surface area (TPSA) is 95.3 Å². The third-order valence-corrected chi connectivity index (χ3v) is 1.94. The van der Waals surface area contributed by atoms with Crippen molar-refractivity contribution in [2.75, 3.05) is 4.72 Å². The van der Waals surface area contributed by atoms with E-state index >= 15 is 0 Å². The van der Waals surface area contributed by atoms with E-state index in [1.165, 1.54) is 6.07 Å². The summed E-state index contributed by atoms with van der Waals surface area (Å²) in [5.41, 5.74) is -0.278. The fourth-order valence-corrected chi connectivity index (χ4v) is 1.16. The van der Waals surface area contributed by atoms with Crippen molar-refractivity contribution in [3.05, 3.63) is 11.8 Å². The molecule has 1 N–H and O–H groups in total. The van der Waals surface area contributed by atoms with Gasteiger partial charge >= 0.3 is 29.6 Å².